The van der Waals surface area contributed by atoms with Gasteiger partial charge in [0.2, 0.25) is 0 Å². The minimum Gasteiger partial charge on any atom is -0.348 e. The van der Waals surface area contributed by atoms with Gasteiger partial charge in [0.1, 0.15) is 0 Å². The maximum Gasteiger partial charge on any atom is 0.325 e. The maximum absolute atomic E-state index is 12.7. The van der Waals surface area contributed by atoms with Crippen LogP contribution in [0.1, 0.15) is 57.1 Å². The number of carbonyl (C=O) groups is 2. The Morgan fingerprint density at radius 1 is 0.969 bits per heavy atom. The fraction of sp³-hybridized carbons (Fsp3) is 0.762. The van der Waals surface area contributed by atoms with E-state index in [0.29, 0.717) is 26.1 Å². The van der Waals surface area contributed by atoms with E-state index in [1.807, 2.05) is 43.2 Å². The van der Waals surface area contributed by atoms with Gasteiger partial charge in [-0.25, -0.2) is 19.5 Å². The highest BCUT2D eigenvalue weighted by molar-refractivity contribution is 8.77. The minimum atomic E-state index is -0.313. The standard InChI is InChI=1S/C21H35N5O2S4/c27-20(23-10-3-1-5-18-8-13-29-31-18)26(12-7-17-15-22-16-25-17)21(28)24-11-4-2-6-19-9-14-30-32-19/h15-16,18-19H,1-14H2,(H,22,25)(H,23,27)(H,24,28). The number of aromatic amines is 1. The number of imide groups is 1. The van der Waals surface area contributed by atoms with Crippen molar-refractivity contribution in [3.63, 3.8) is 0 Å². The highest BCUT2D eigenvalue weighted by Gasteiger charge is 2.21. The number of H-pyrrole nitrogens is 1. The Morgan fingerprint density at radius 3 is 2.03 bits per heavy atom. The molecule has 32 heavy (non-hydrogen) atoms. The van der Waals surface area contributed by atoms with E-state index in [-0.39, 0.29) is 12.1 Å². The molecule has 0 aliphatic carbocycles. The zero-order valence-electron chi connectivity index (χ0n) is 18.6. The molecule has 1 aromatic heterocycles. The largest absolute Gasteiger partial charge is 0.348 e. The van der Waals surface area contributed by atoms with E-state index in [4.69, 9.17) is 0 Å². The average Bonchev–Trinajstić information content (AvgIpc) is 3.57. The predicted molar refractivity (Wildman–Crippen MR) is 140 cm³/mol. The Hall–Kier alpha value is -0.650. The molecule has 2 aliphatic heterocycles. The monoisotopic (exact) mass is 517 g/mol. The quantitative estimate of drug-likeness (QED) is 0.241. The average molecular weight is 518 g/mol. The molecule has 0 bridgehead atoms. The number of nitrogens with one attached hydrogen (secondary N) is 3. The number of aromatic nitrogens is 2. The third-order valence-electron chi connectivity index (χ3n) is 5.56. The molecule has 2 fully saturated rings. The van der Waals surface area contributed by atoms with Gasteiger partial charge in [-0.1, -0.05) is 56.0 Å². The van der Waals surface area contributed by atoms with Crippen LogP contribution in [0.4, 0.5) is 9.59 Å². The molecule has 4 amide bonds. The maximum atomic E-state index is 12.7. The number of imidazole rings is 1. The molecular formula is C21H35N5O2S4. The van der Waals surface area contributed by atoms with Gasteiger partial charge in [0.15, 0.2) is 0 Å². The van der Waals surface area contributed by atoms with Crippen LogP contribution in [0.5, 0.6) is 0 Å². The van der Waals surface area contributed by atoms with Gasteiger partial charge in [-0.15, -0.1) is 0 Å². The summed E-state index contributed by atoms with van der Waals surface area (Å²) in [5.74, 6) is 2.51. The first-order valence-electron chi connectivity index (χ1n) is 11.6. The Morgan fingerprint density at radius 2 is 1.56 bits per heavy atom. The van der Waals surface area contributed by atoms with Crippen LogP contribution < -0.4 is 10.6 Å². The number of hydrogen-bond acceptors (Lipinski definition) is 7. The Bertz CT molecular complexity index is 629. The van der Waals surface area contributed by atoms with E-state index in [1.54, 1.807) is 12.5 Å². The van der Waals surface area contributed by atoms with Crippen LogP contribution in [0.25, 0.3) is 0 Å². The van der Waals surface area contributed by atoms with Gasteiger partial charge < -0.3 is 15.6 Å². The van der Waals surface area contributed by atoms with E-state index < -0.39 is 0 Å². The van der Waals surface area contributed by atoms with Gasteiger partial charge in [0.05, 0.1) is 6.33 Å². The van der Waals surface area contributed by atoms with Crippen molar-refractivity contribution in [2.75, 3.05) is 31.1 Å². The normalized spacial score (nSPS) is 20.4. The SMILES string of the molecule is O=C(NCCCCC1CCSS1)N(CCc1cnc[nH]1)C(=O)NCCCCC1CCSS1. The molecule has 3 N–H and O–H groups in total. The Kier molecular flexibility index (Phi) is 12.4. The first-order chi connectivity index (χ1) is 15.7. The second kappa shape index (κ2) is 15.3. The second-order valence-corrected chi connectivity index (χ2v) is 13.7. The minimum absolute atomic E-state index is 0.313. The summed E-state index contributed by atoms with van der Waals surface area (Å²) in [6.07, 6.45) is 13.0. The van der Waals surface area contributed by atoms with Crippen molar-refractivity contribution in [2.45, 2.75) is 68.3 Å². The second-order valence-electron chi connectivity index (χ2n) is 8.09. The van der Waals surface area contributed by atoms with Gasteiger partial charge in [-0.2, -0.15) is 0 Å². The number of urea groups is 2. The van der Waals surface area contributed by atoms with Crippen molar-refractivity contribution in [1.29, 1.82) is 0 Å². The molecule has 3 rings (SSSR count). The fourth-order valence-electron chi connectivity index (χ4n) is 3.65. The number of nitrogens with zero attached hydrogens (tertiary/aromatic N) is 2. The molecule has 11 heteroatoms. The topological polar surface area (TPSA) is 90.1 Å². The molecule has 2 atom stereocenters. The molecule has 0 saturated carbocycles. The summed E-state index contributed by atoms with van der Waals surface area (Å²) >= 11 is 0. The lowest BCUT2D eigenvalue weighted by atomic mass is 10.1. The molecule has 2 unspecified atom stereocenters. The van der Waals surface area contributed by atoms with Gasteiger partial charge in [-0.05, 0) is 38.5 Å². The van der Waals surface area contributed by atoms with Crippen LogP contribution in [0.2, 0.25) is 0 Å². The molecule has 180 valence electrons. The summed E-state index contributed by atoms with van der Waals surface area (Å²) in [5, 5.41) is 7.41. The molecule has 7 nitrogen and oxygen atoms in total. The lowest BCUT2D eigenvalue weighted by molar-refractivity contribution is 0.186. The van der Waals surface area contributed by atoms with Crippen molar-refractivity contribution < 1.29 is 9.59 Å². The van der Waals surface area contributed by atoms with Crippen molar-refractivity contribution in [3.8, 4) is 0 Å². The van der Waals surface area contributed by atoms with Gasteiger partial charge in [0.25, 0.3) is 0 Å². The highest BCUT2D eigenvalue weighted by Crippen LogP contribution is 2.40. The lowest BCUT2D eigenvalue weighted by Crippen LogP contribution is -2.49. The predicted octanol–water partition coefficient (Wildman–Crippen LogP) is 5.32. The number of carbonyl (C=O) groups excluding carboxylic acids is 2. The zero-order chi connectivity index (χ0) is 22.4. The van der Waals surface area contributed by atoms with E-state index in [1.165, 1.54) is 42.1 Å². The molecule has 3 heterocycles. The van der Waals surface area contributed by atoms with Crippen LogP contribution in [-0.4, -0.2) is 68.6 Å². The van der Waals surface area contributed by atoms with Gasteiger partial charge >= 0.3 is 12.1 Å². The summed E-state index contributed by atoms with van der Waals surface area (Å²) in [4.78, 5) is 33.8. The summed E-state index contributed by atoms with van der Waals surface area (Å²) in [6, 6.07) is -0.626. The third-order valence-corrected chi connectivity index (χ3v) is 11.6. The molecule has 0 spiro atoms. The number of rotatable bonds is 13. The van der Waals surface area contributed by atoms with Crippen molar-refractivity contribution in [3.05, 3.63) is 18.2 Å². The van der Waals surface area contributed by atoms with Crippen molar-refractivity contribution >= 4 is 55.2 Å². The molecular weight excluding hydrogens is 483 g/mol. The Balaban J connectivity index is 1.35. The summed E-state index contributed by atoms with van der Waals surface area (Å²) in [5.41, 5.74) is 0.912. The number of hydrogen-bond donors (Lipinski definition) is 3. The number of amides is 4. The summed E-state index contributed by atoms with van der Waals surface area (Å²) in [6.45, 7) is 1.54. The smallest absolute Gasteiger partial charge is 0.325 e. The van der Waals surface area contributed by atoms with E-state index in [0.717, 1.165) is 41.9 Å². The number of unbranched alkanes of at least 4 members (excludes halogenated alkanes) is 2. The molecule has 2 saturated heterocycles. The van der Waals surface area contributed by atoms with E-state index in [9.17, 15) is 9.59 Å². The van der Waals surface area contributed by atoms with E-state index in [2.05, 4.69) is 20.6 Å². The van der Waals surface area contributed by atoms with Crippen molar-refractivity contribution in [2.24, 2.45) is 0 Å². The fourth-order valence-corrected chi connectivity index (χ4v) is 9.71. The zero-order valence-corrected chi connectivity index (χ0v) is 21.8. The van der Waals surface area contributed by atoms with Crippen LogP contribution in [-0.2, 0) is 6.42 Å². The first kappa shape index (κ1) is 26.0. The van der Waals surface area contributed by atoms with Crippen LogP contribution in [0.3, 0.4) is 0 Å². The van der Waals surface area contributed by atoms with Crippen molar-refractivity contribution in [1.82, 2.24) is 25.5 Å². The lowest BCUT2D eigenvalue weighted by Gasteiger charge is -2.22. The third kappa shape index (κ3) is 9.69. The molecule has 0 aromatic carbocycles. The van der Waals surface area contributed by atoms with Crippen LogP contribution in [0, 0.1) is 0 Å². The van der Waals surface area contributed by atoms with Gasteiger partial charge in [-0.3, -0.25) is 0 Å². The van der Waals surface area contributed by atoms with Crippen LogP contribution in [0.15, 0.2) is 12.5 Å². The molecule has 2 aliphatic rings. The summed E-state index contributed by atoms with van der Waals surface area (Å²) in [7, 11) is 7.92. The molecule has 1 aromatic rings. The first-order valence-corrected chi connectivity index (χ1v) is 16.4. The Labute approximate surface area is 207 Å². The molecule has 0 radical (unpaired) electrons. The summed E-state index contributed by atoms with van der Waals surface area (Å²) < 4.78 is 0. The van der Waals surface area contributed by atoms with Crippen LogP contribution >= 0.6 is 43.2 Å². The van der Waals surface area contributed by atoms with Gasteiger partial charge in [0, 0.05) is 60.0 Å². The van der Waals surface area contributed by atoms with E-state index >= 15 is 0 Å². The highest BCUT2D eigenvalue weighted by atomic mass is 33.1.